The van der Waals surface area contributed by atoms with Crippen molar-refractivity contribution < 1.29 is 0 Å². The van der Waals surface area contributed by atoms with E-state index < -0.39 is 0 Å². The van der Waals surface area contributed by atoms with Crippen LogP contribution in [0.15, 0.2) is 127 Å². The van der Waals surface area contributed by atoms with Crippen molar-refractivity contribution in [1.29, 1.82) is 5.26 Å². The molecule has 0 unspecified atom stereocenters. The average molecular weight is 538 g/mol. The van der Waals surface area contributed by atoms with Crippen molar-refractivity contribution in [3.63, 3.8) is 0 Å². The van der Waals surface area contributed by atoms with Gasteiger partial charge < -0.3 is 9.13 Å². The third-order valence-corrected chi connectivity index (χ3v) is 8.54. The van der Waals surface area contributed by atoms with E-state index in [1.54, 1.807) is 0 Å². The molecular weight excluding hydrogens is 510 g/mol. The second-order valence-corrected chi connectivity index (χ2v) is 11.0. The molecule has 0 saturated carbocycles. The molecule has 42 heavy (non-hydrogen) atoms. The summed E-state index contributed by atoms with van der Waals surface area (Å²) in [5.74, 6) is 0. The summed E-state index contributed by atoms with van der Waals surface area (Å²) in [5, 5.41) is 14.5. The number of nitriles is 1. The molecule has 0 bridgehead atoms. The number of aromatic nitrogens is 2. The molecular formula is C39H27N3. The number of hydrogen-bond donors (Lipinski definition) is 0. The van der Waals surface area contributed by atoms with Crippen LogP contribution in [0.1, 0.15) is 16.7 Å². The average Bonchev–Trinajstić information content (AvgIpc) is 3.54. The Morgan fingerprint density at radius 2 is 1.14 bits per heavy atom. The number of para-hydroxylation sites is 3. The lowest BCUT2D eigenvalue weighted by Gasteiger charge is -2.15. The summed E-state index contributed by atoms with van der Waals surface area (Å²) in [6.07, 6.45) is 0. The lowest BCUT2D eigenvalue weighted by atomic mass is 9.98. The topological polar surface area (TPSA) is 33.6 Å². The number of hydrogen-bond acceptors (Lipinski definition) is 1. The van der Waals surface area contributed by atoms with Gasteiger partial charge in [-0.15, -0.1) is 0 Å². The van der Waals surface area contributed by atoms with E-state index >= 15 is 0 Å². The van der Waals surface area contributed by atoms with Gasteiger partial charge in [-0.1, -0.05) is 72.8 Å². The Morgan fingerprint density at radius 3 is 1.88 bits per heavy atom. The Morgan fingerprint density at radius 1 is 0.524 bits per heavy atom. The predicted molar refractivity (Wildman–Crippen MR) is 175 cm³/mol. The molecule has 8 aromatic rings. The van der Waals surface area contributed by atoms with Gasteiger partial charge in [0.2, 0.25) is 0 Å². The van der Waals surface area contributed by atoms with E-state index in [1.807, 2.05) is 12.1 Å². The maximum atomic E-state index is 9.56. The monoisotopic (exact) mass is 537 g/mol. The van der Waals surface area contributed by atoms with Crippen molar-refractivity contribution in [1.82, 2.24) is 9.13 Å². The summed E-state index contributed by atoms with van der Waals surface area (Å²) in [4.78, 5) is 0. The van der Waals surface area contributed by atoms with Crippen LogP contribution in [-0.4, -0.2) is 9.13 Å². The molecule has 0 fully saturated rings. The fourth-order valence-electron chi connectivity index (χ4n) is 6.87. The van der Waals surface area contributed by atoms with E-state index in [2.05, 4.69) is 144 Å². The van der Waals surface area contributed by atoms with Crippen LogP contribution in [0.3, 0.4) is 0 Å². The van der Waals surface area contributed by atoms with Gasteiger partial charge in [0.1, 0.15) is 0 Å². The maximum Gasteiger partial charge on any atom is 0.0991 e. The molecule has 2 heterocycles. The Hall–Kier alpha value is -5.59. The number of benzene rings is 6. The highest BCUT2D eigenvalue weighted by Gasteiger charge is 2.19. The van der Waals surface area contributed by atoms with Crippen LogP contribution in [0.5, 0.6) is 0 Å². The van der Waals surface area contributed by atoms with Crippen LogP contribution < -0.4 is 0 Å². The Labute approximate surface area is 244 Å². The summed E-state index contributed by atoms with van der Waals surface area (Å²) < 4.78 is 4.73. The van der Waals surface area contributed by atoms with E-state index in [4.69, 9.17) is 0 Å². The van der Waals surface area contributed by atoms with Gasteiger partial charge in [0.25, 0.3) is 0 Å². The highest BCUT2D eigenvalue weighted by molar-refractivity contribution is 6.17. The first-order valence-corrected chi connectivity index (χ1v) is 14.3. The van der Waals surface area contributed by atoms with Crippen LogP contribution >= 0.6 is 0 Å². The third kappa shape index (κ3) is 3.46. The molecule has 0 aliphatic heterocycles. The fraction of sp³-hybridized carbons (Fsp3) is 0.0513. The Bertz CT molecular complexity index is 2360. The van der Waals surface area contributed by atoms with Crippen molar-refractivity contribution in [3.05, 3.63) is 144 Å². The first kappa shape index (κ1) is 24.2. The van der Waals surface area contributed by atoms with Gasteiger partial charge in [0.05, 0.1) is 39.4 Å². The molecule has 0 N–H and O–H groups in total. The van der Waals surface area contributed by atoms with Gasteiger partial charge in [0.15, 0.2) is 0 Å². The minimum Gasteiger partial charge on any atom is -0.309 e. The molecule has 0 amide bonds. The number of rotatable bonds is 3. The van der Waals surface area contributed by atoms with Gasteiger partial charge in [-0.3, -0.25) is 0 Å². The zero-order chi connectivity index (χ0) is 28.4. The largest absolute Gasteiger partial charge is 0.309 e. The minimum atomic E-state index is 0.693. The van der Waals surface area contributed by atoms with E-state index in [-0.39, 0.29) is 0 Å². The molecule has 0 aliphatic rings. The van der Waals surface area contributed by atoms with E-state index in [0.717, 1.165) is 33.5 Å². The zero-order valence-electron chi connectivity index (χ0n) is 23.5. The zero-order valence-corrected chi connectivity index (χ0v) is 23.5. The summed E-state index contributed by atoms with van der Waals surface area (Å²) >= 11 is 0. The predicted octanol–water partition coefficient (Wildman–Crippen LogP) is 10.0. The molecule has 3 nitrogen and oxygen atoms in total. The van der Waals surface area contributed by atoms with E-state index in [0.29, 0.717) is 5.56 Å². The van der Waals surface area contributed by atoms with Gasteiger partial charge in [-0.05, 0) is 90.7 Å². The molecule has 0 aliphatic carbocycles. The molecule has 6 aromatic carbocycles. The van der Waals surface area contributed by atoms with Crippen LogP contribution in [0.2, 0.25) is 0 Å². The van der Waals surface area contributed by atoms with Crippen LogP contribution in [0.25, 0.3) is 66.1 Å². The van der Waals surface area contributed by atoms with Crippen molar-refractivity contribution in [3.8, 4) is 28.6 Å². The normalized spacial score (nSPS) is 11.5. The molecule has 0 spiro atoms. The SMILES string of the molecule is Cc1cc(C#N)cc(C)c1-n1c2ccccc2c2c(-c3ccc4c(c3)c3ccccc3n4-c3ccccc3)cccc21. The van der Waals surface area contributed by atoms with Gasteiger partial charge in [-0.25, -0.2) is 0 Å². The first-order chi connectivity index (χ1) is 20.6. The highest BCUT2D eigenvalue weighted by Crippen LogP contribution is 2.41. The highest BCUT2D eigenvalue weighted by atomic mass is 15.0. The van der Waals surface area contributed by atoms with E-state index in [1.165, 1.54) is 43.7 Å². The quantitative estimate of drug-likeness (QED) is 0.221. The molecule has 0 saturated heterocycles. The summed E-state index contributed by atoms with van der Waals surface area (Å²) in [5.41, 5.74) is 12.3. The molecule has 3 heteroatoms. The molecule has 8 rings (SSSR count). The molecule has 0 radical (unpaired) electrons. The number of fused-ring (bicyclic) bond motifs is 6. The molecule has 0 atom stereocenters. The lowest BCUT2D eigenvalue weighted by molar-refractivity contribution is 1.12. The summed E-state index contributed by atoms with van der Waals surface area (Å²) in [6, 6.07) is 47.7. The van der Waals surface area contributed by atoms with E-state index in [9.17, 15) is 5.26 Å². The summed E-state index contributed by atoms with van der Waals surface area (Å²) in [7, 11) is 0. The molecule has 198 valence electrons. The second-order valence-electron chi connectivity index (χ2n) is 11.0. The van der Waals surface area contributed by atoms with Gasteiger partial charge in [0, 0.05) is 27.2 Å². The van der Waals surface area contributed by atoms with Gasteiger partial charge >= 0.3 is 0 Å². The standard InChI is InChI=1S/C39H27N3/c1-25-21-27(24-40)22-26(2)39(25)42-35-17-9-7-14-32(35)38-30(15-10-18-37(38)42)28-19-20-36-33(23-28)31-13-6-8-16-34(31)41(36)29-11-4-3-5-12-29/h3-23H,1-2H3. The fourth-order valence-corrected chi connectivity index (χ4v) is 6.87. The van der Waals surface area contributed by atoms with Crippen LogP contribution in [0, 0.1) is 25.2 Å². The number of aryl methyl sites for hydroxylation is 2. The lowest BCUT2D eigenvalue weighted by Crippen LogP contribution is -2.01. The van der Waals surface area contributed by atoms with Crippen molar-refractivity contribution in [2.75, 3.05) is 0 Å². The van der Waals surface area contributed by atoms with Crippen molar-refractivity contribution >= 4 is 43.6 Å². The maximum absolute atomic E-state index is 9.56. The van der Waals surface area contributed by atoms with Crippen molar-refractivity contribution in [2.24, 2.45) is 0 Å². The summed E-state index contributed by atoms with van der Waals surface area (Å²) in [6.45, 7) is 4.20. The van der Waals surface area contributed by atoms with Gasteiger partial charge in [-0.2, -0.15) is 5.26 Å². The first-order valence-electron chi connectivity index (χ1n) is 14.3. The third-order valence-electron chi connectivity index (χ3n) is 8.54. The minimum absolute atomic E-state index is 0.693. The Balaban J connectivity index is 1.43. The smallest absolute Gasteiger partial charge is 0.0991 e. The van der Waals surface area contributed by atoms with Crippen molar-refractivity contribution in [2.45, 2.75) is 13.8 Å². The number of nitrogens with zero attached hydrogens (tertiary/aromatic N) is 3. The van der Waals surface area contributed by atoms with Crippen LogP contribution in [0.4, 0.5) is 0 Å². The Kier molecular flexibility index (Phi) is 5.32. The molecule has 2 aromatic heterocycles. The second kappa shape index (κ2) is 9.23. The van der Waals surface area contributed by atoms with Crippen LogP contribution in [-0.2, 0) is 0 Å².